The molecule has 0 fully saturated rings. The molecule has 0 heterocycles. The van der Waals surface area contributed by atoms with Crippen LogP contribution in [0.2, 0.25) is 38.3 Å². The summed E-state index contributed by atoms with van der Waals surface area (Å²) in [5.74, 6) is -0.411. The number of hydrogen-bond acceptors (Lipinski definition) is 2. The highest BCUT2D eigenvalue weighted by molar-refractivity contribution is 6.72. The van der Waals surface area contributed by atoms with Gasteiger partial charge in [-0.05, 0) is 52.1 Å². The Morgan fingerprint density at radius 2 is 1.30 bits per heavy atom. The molecule has 0 aromatic carbocycles. The van der Waals surface area contributed by atoms with Crippen molar-refractivity contribution < 1.29 is 8.85 Å². The zero-order chi connectivity index (χ0) is 15.2. The van der Waals surface area contributed by atoms with Gasteiger partial charge in [0.25, 0.3) is 0 Å². The third-order valence-corrected chi connectivity index (χ3v) is 8.88. The molecule has 20 heavy (non-hydrogen) atoms. The predicted octanol–water partition coefficient (Wildman–Crippen LogP) is 6.40. The lowest BCUT2D eigenvalue weighted by Crippen LogP contribution is -2.48. The van der Waals surface area contributed by atoms with Crippen LogP contribution in [-0.2, 0) is 8.85 Å². The Bertz CT molecular complexity index is 251. The second-order valence-electron chi connectivity index (χ2n) is 7.29. The molecule has 0 radical (unpaired) electrons. The Labute approximate surface area is 130 Å². The summed E-state index contributed by atoms with van der Waals surface area (Å²) >= 11 is 0. The van der Waals surface area contributed by atoms with Crippen molar-refractivity contribution in [2.45, 2.75) is 105 Å². The van der Waals surface area contributed by atoms with E-state index in [0.717, 1.165) is 6.04 Å². The SMILES string of the molecule is C.CCCCCC[Si](C)(C)OC(C)(C)O[Si](C)(C)CC. The van der Waals surface area contributed by atoms with E-state index >= 15 is 0 Å². The monoisotopic (exact) mass is 320 g/mol. The topological polar surface area (TPSA) is 18.5 Å². The van der Waals surface area contributed by atoms with Crippen molar-refractivity contribution in [3.63, 3.8) is 0 Å². The number of rotatable bonds is 10. The van der Waals surface area contributed by atoms with Crippen molar-refractivity contribution in [1.29, 1.82) is 0 Å². The molecule has 0 unspecified atom stereocenters. The normalized spacial score (nSPS) is 13.2. The summed E-state index contributed by atoms with van der Waals surface area (Å²) in [6, 6.07) is 2.38. The third kappa shape index (κ3) is 11.1. The summed E-state index contributed by atoms with van der Waals surface area (Å²) in [7, 11) is -3.16. The van der Waals surface area contributed by atoms with Gasteiger partial charge < -0.3 is 8.85 Å². The van der Waals surface area contributed by atoms with Crippen molar-refractivity contribution in [1.82, 2.24) is 0 Å². The summed E-state index contributed by atoms with van der Waals surface area (Å²) < 4.78 is 12.7. The molecule has 0 aromatic rings. The molecular formula is C16H40O2Si2. The Morgan fingerprint density at radius 1 is 0.800 bits per heavy atom. The molecule has 0 N–H and O–H groups in total. The summed E-state index contributed by atoms with van der Waals surface area (Å²) in [6.07, 6.45) is 5.29. The van der Waals surface area contributed by atoms with Gasteiger partial charge in [-0.1, -0.05) is 47.0 Å². The van der Waals surface area contributed by atoms with Gasteiger partial charge in [0, 0.05) is 0 Å². The largest absolute Gasteiger partial charge is 0.392 e. The molecule has 4 heteroatoms. The fourth-order valence-corrected chi connectivity index (χ4v) is 6.63. The van der Waals surface area contributed by atoms with E-state index < -0.39 is 22.4 Å². The maximum absolute atomic E-state index is 6.39. The van der Waals surface area contributed by atoms with Crippen LogP contribution in [0.15, 0.2) is 0 Å². The summed E-state index contributed by atoms with van der Waals surface area (Å²) in [6.45, 7) is 17.9. The lowest BCUT2D eigenvalue weighted by molar-refractivity contribution is -0.0962. The van der Waals surface area contributed by atoms with Gasteiger partial charge in [0.2, 0.25) is 0 Å². The van der Waals surface area contributed by atoms with Crippen LogP contribution in [0.1, 0.15) is 60.8 Å². The van der Waals surface area contributed by atoms with Gasteiger partial charge in [0.1, 0.15) is 5.79 Å². The molecule has 0 aromatic heterocycles. The molecule has 0 rings (SSSR count). The molecule has 0 aliphatic carbocycles. The zero-order valence-electron chi connectivity index (χ0n) is 14.6. The van der Waals surface area contributed by atoms with Crippen LogP contribution >= 0.6 is 0 Å². The van der Waals surface area contributed by atoms with Crippen LogP contribution < -0.4 is 0 Å². The maximum Gasteiger partial charge on any atom is 0.190 e. The zero-order valence-corrected chi connectivity index (χ0v) is 16.6. The van der Waals surface area contributed by atoms with Gasteiger partial charge in [-0.25, -0.2) is 0 Å². The smallest absolute Gasteiger partial charge is 0.190 e. The number of hydrogen-bond donors (Lipinski definition) is 0. The second kappa shape index (κ2) is 9.39. The van der Waals surface area contributed by atoms with Crippen molar-refractivity contribution in [2.24, 2.45) is 0 Å². The minimum absolute atomic E-state index is 0. The molecular weight excluding hydrogens is 280 g/mol. The molecule has 0 spiro atoms. The fourth-order valence-electron chi connectivity index (χ4n) is 2.45. The highest BCUT2D eigenvalue weighted by atomic mass is 28.4. The highest BCUT2D eigenvalue weighted by Crippen LogP contribution is 2.28. The van der Waals surface area contributed by atoms with Crippen molar-refractivity contribution >= 4 is 16.6 Å². The van der Waals surface area contributed by atoms with Gasteiger partial charge in [-0.15, -0.1) is 0 Å². The first-order valence-electron chi connectivity index (χ1n) is 7.94. The lowest BCUT2D eigenvalue weighted by atomic mass is 10.2. The van der Waals surface area contributed by atoms with E-state index in [1.54, 1.807) is 0 Å². The quantitative estimate of drug-likeness (QED) is 0.263. The van der Waals surface area contributed by atoms with Gasteiger partial charge in [0.15, 0.2) is 16.6 Å². The van der Waals surface area contributed by atoms with Crippen molar-refractivity contribution in [3.8, 4) is 0 Å². The lowest BCUT2D eigenvalue weighted by Gasteiger charge is -2.40. The van der Waals surface area contributed by atoms with Crippen LogP contribution in [0, 0.1) is 0 Å². The van der Waals surface area contributed by atoms with E-state index in [2.05, 4.69) is 53.9 Å². The predicted molar refractivity (Wildman–Crippen MR) is 97.4 cm³/mol. The molecule has 2 nitrogen and oxygen atoms in total. The first-order valence-corrected chi connectivity index (χ1v) is 14.2. The van der Waals surface area contributed by atoms with Crippen LogP contribution in [0.5, 0.6) is 0 Å². The maximum atomic E-state index is 6.39. The summed E-state index contributed by atoms with van der Waals surface area (Å²) in [5.41, 5.74) is 0. The third-order valence-electron chi connectivity index (χ3n) is 3.53. The Hall–Kier alpha value is 0.354. The molecule has 124 valence electrons. The molecule has 0 saturated carbocycles. The average Bonchev–Trinajstić information content (AvgIpc) is 2.21. The van der Waals surface area contributed by atoms with E-state index in [0.29, 0.717) is 0 Å². The van der Waals surface area contributed by atoms with E-state index in [1.807, 2.05) is 0 Å². The Morgan fingerprint density at radius 3 is 1.75 bits per heavy atom. The van der Waals surface area contributed by atoms with E-state index in [-0.39, 0.29) is 7.43 Å². The van der Waals surface area contributed by atoms with E-state index in [1.165, 1.54) is 31.7 Å². The van der Waals surface area contributed by atoms with Gasteiger partial charge in [-0.3, -0.25) is 0 Å². The second-order valence-corrected chi connectivity index (χ2v) is 15.9. The standard InChI is InChI=1S/C15H36O2Si2.CH4/c1-9-11-12-13-14-19(7,8)17-15(3,4)16-18(5,6)10-2;/h9-14H2,1-8H3;1H4. The van der Waals surface area contributed by atoms with E-state index in [9.17, 15) is 0 Å². The van der Waals surface area contributed by atoms with Crippen LogP contribution in [0.25, 0.3) is 0 Å². The Balaban J connectivity index is 0. The van der Waals surface area contributed by atoms with E-state index in [4.69, 9.17) is 8.85 Å². The van der Waals surface area contributed by atoms with Crippen LogP contribution in [0.4, 0.5) is 0 Å². The highest BCUT2D eigenvalue weighted by Gasteiger charge is 2.36. The Kier molecular flexibility index (Phi) is 10.6. The van der Waals surface area contributed by atoms with Gasteiger partial charge in [0.05, 0.1) is 0 Å². The van der Waals surface area contributed by atoms with Crippen LogP contribution in [-0.4, -0.2) is 22.4 Å². The van der Waals surface area contributed by atoms with Crippen molar-refractivity contribution in [2.75, 3.05) is 0 Å². The average molecular weight is 321 g/mol. The minimum atomic E-state index is -1.60. The van der Waals surface area contributed by atoms with Gasteiger partial charge in [-0.2, -0.15) is 0 Å². The first-order chi connectivity index (χ1) is 8.54. The summed E-state index contributed by atoms with van der Waals surface area (Å²) in [4.78, 5) is 0. The number of unbranched alkanes of at least 4 members (excludes halogenated alkanes) is 3. The van der Waals surface area contributed by atoms with Gasteiger partial charge >= 0.3 is 0 Å². The molecule has 0 atom stereocenters. The van der Waals surface area contributed by atoms with Crippen LogP contribution in [0.3, 0.4) is 0 Å². The minimum Gasteiger partial charge on any atom is -0.392 e. The molecule has 0 aliphatic rings. The first kappa shape index (κ1) is 22.6. The molecule has 0 saturated heterocycles. The van der Waals surface area contributed by atoms with Crippen molar-refractivity contribution in [3.05, 3.63) is 0 Å². The fraction of sp³-hybridized carbons (Fsp3) is 1.00. The summed E-state index contributed by atoms with van der Waals surface area (Å²) in [5, 5.41) is 0. The molecule has 0 aliphatic heterocycles. The molecule has 0 bridgehead atoms. The molecule has 0 amide bonds.